The first kappa shape index (κ1) is 14.7. The summed E-state index contributed by atoms with van der Waals surface area (Å²) >= 11 is 0. The summed E-state index contributed by atoms with van der Waals surface area (Å²) in [5, 5.41) is 15.5. The van der Waals surface area contributed by atoms with Crippen molar-refractivity contribution in [2.24, 2.45) is 0 Å². The van der Waals surface area contributed by atoms with Crippen molar-refractivity contribution in [1.29, 1.82) is 0 Å². The van der Waals surface area contributed by atoms with Gasteiger partial charge >= 0.3 is 0 Å². The van der Waals surface area contributed by atoms with E-state index in [2.05, 4.69) is 20.7 Å². The van der Waals surface area contributed by atoms with Gasteiger partial charge in [0.1, 0.15) is 0 Å². The highest BCUT2D eigenvalue weighted by Gasteiger charge is 2.15. The number of carbonyl (C=O) groups is 1. The second-order valence-corrected chi connectivity index (χ2v) is 5.73. The molecule has 22 heavy (non-hydrogen) atoms. The molecule has 0 spiro atoms. The third-order valence-electron chi connectivity index (χ3n) is 3.99. The van der Waals surface area contributed by atoms with Gasteiger partial charge < -0.3 is 5.32 Å². The molecule has 0 aliphatic heterocycles. The molecule has 1 heterocycles. The third-order valence-corrected chi connectivity index (χ3v) is 3.99. The van der Waals surface area contributed by atoms with Crippen LogP contribution in [0.3, 0.4) is 0 Å². The molecule has 0 radical (unpaired) electrons. The van der Waals surface area contributed by atoms with Crippen LogP contribution in [0.25, 0.3) is 11.4 Å². The lowest BCUT2D eigenvalue weighted by Crippen LogP contribution is -2.36. The first-order valence-electron chi connectivity index (χ1n) is 7.94. The van der Waals surface area contributed by atoms with E-state index in [-0.39, 0.29) is 5.91 Å². The standard InChI is InChI=1S/C16H21N5O/c22-15(17-14-9-5-2-6-10-14)11-12-21-19-16(18-20-21)13-7-3-1-4-8-13/h1,3-4,7-8,14H,2,5-6,9-12H2,(H,17,22). The monoisotopic (exact) mass is 299 g/mol. The Kier molecular flexibility index (Phi) is 4.78. The quantitative estimate of drug-likeness (QED) is 0.918. The van der Waals surface area contributed by atoms with Crippen LogP contribution in [0, 0.1) is 0 Å². The van der Waals surface area contributed by atoms with Gasteiger partial charge in [-0.2, -0.15) is 4.80 Å². The second kappa shape index (κ2) is 7.15. The number of nitrogens with one attached hydrogen (secondary N) is 1. The molecule has 6 nitrogen and oxygen atoms in total. The number of aryl methyl sites for hydroxylation is 1. The van der Waals surface area contributed by atoms with Gasteiger partial charge in [0, 0.05) is 18.0 Å². The number of hydrogen-bond acceptors (Lipinski definition) is 4. The number of hydrogen-bond donors (Lipinski definition) is 1. The predicted molar refractivity (Wildman–Crippen MR) is 82.9 cm³/mol. The SMILES string of the molecule is O=C(CCn1nnc(-c2ccccc2)n1)NC1CCCCC1. The summed E-state index contributed by atoms with van der Waals surface area (Å²) in [6.45, 7) is 0.457. The Bertz CT molecular complexity index is 604. The van der Waals surface area contributed by atoms with Gasteiger partial charge in [0.15, 0.2) is 0 Å². The van der Waals surface area contributed by atoms with E-state index in [4.69, 9.17) is 0 Å². The average molecular weight is 299 g/mol. The van der Waals surface area contributed by atoms with E-state index < -0.39 is 0 Å². The normalized spacial score (nSPS) is 15.6. The minimum atomic E-state index is 0.0745. The molecule has 1 aromatic heterocycles. The van der Waals surface area contributed by atoms with E-state index in [1.807, 2.05) is 30.3 Å². The molecule has 116 valence electrons. The number of aromatic nitrogens is 4. The number of amides is 1. The van der Waals surface area contributed by atoms with Gasteiger partial charge in [-0.25, -0.2) is 0 Å². The van der Waals surface area contributed by atoms with Crippen molar-refractivity contribution in [1.82, 2.24) is 25.5 Å². The Morgan fingerprint density at radius 1 is 1.18 bits per heavy atom. The molecule has 1 fully saturated rings. The molecule has 0 saturated heterocycles. The molecular weight excluding hydrogens is 278 g/mol. The first-order valence-corrected chi connectivity index (χ1v) is 7.94. The Hall–Kier alpha value is -2.24. The molecule has 0 unspecified atom stereocenters. The van der Waals surface area contributed by atoms with Crippen LogP contribution in [0.5, 0.6) is 0 Å². The Morgan fingerprint density at radius 3 is 2.73 bits per heavy atom. The summed E-state index contributed by atoms with van der Waals surface area (Å²) in [6, 6.07) is 10.1. The molecule has 3 rings (SSSR count). The van der Waals surface area contributed by atoms with E-state index in [9.17, 15) is 4.79 Å². The van der Waals surface area contributed by atoms with Crippen LogP contribution in [-0.2, 0) is 11.3 Å². The summed E-state index contributed by atoms with van der Waals surface area (Å²) in [6.07, 6.45) is 6.32. The molecule has 1 N–H and O–H groups in total. The maximum Gasteiger partial charge on any atom is 0.222 e. The lowest BCUT2D eigenvalue weighted by molar-refractivity contribution is -0.122. The molecule has 1 amide bonds. The molecule has 1 aliphatic carbocycles. The van der Waals surface area contributed by atoms with E-state index in [0.29, 0.717) is 24.8 Å². The van der Waals surface area contributed by atoms with Crippen LogP contribution in [0.1, 0.15) is 38.5 Å². The summed E-state index contributed by atoms with van der Waals surface area (Å²) < 4.78 is 0. The van der Waals surface area contributed by atoms with Crippen molar-refractivity contribution >= 4 is 5.91 Å². The van der Waals surface area contributed by atoms with Crippen LogP contribution < -0.4 is 5.32 Å². The smallest absolute Gasteiger partial charge is 0.222 e. The number of carbonyl (C=O) groups excluding carboxylic acids is 1. The van der Waals surface area contributed by atoms with E-state index in [0.717, 1.165) is 18.4 Å². The second-order valence-electron chi connectivity index (χ2n) is 5.73. The van der Waals surface area contributed by atoms with E-state index >= 15 is 0 Å². The van der Waals surface area contributed by atoms with Crippen LogP contribution in [0.15, 0.2) is 30.3 Å². The summed E-state index contributed by atoms with van der Waals surface area (Å²) in [5.74, 6) is 0.666. The number of rotatable bonds is 5. The first-order chi connectivity index (χ1) is 10.8. The van der Waals surface area contributed by atoms with Crippen molar-refractivity contribution in [3.05, 3.63) is 30.3 Å². The van der Waals surface area contributed by atoms with Crippen LogP contribution in [0.2, 0.25) is 0 Å². The Balaban J connectivity index is 1.49. The molecular formula is C16H21N5O. The Morgan fingerprint density at radius 2 is 1.95 bits per heavy atom. The zero-order chi connectivity index (χ0) is 15.2. The van der Waals surface area contributed by atoms with Crippen molar-refractivity contribution in [2.45, 2.75) is 51.1 Å². The summed E-state index contributed by atoms with van der Waals surface area (Å²) in [5.41, 5.74) is 0.931. The van der Waals surface area contributed by atoms with Crippen LogP contribution in [-0.4, -0.2) is 32.2 Å². The highest BCUT2D eigenvalue weighted by molar-refractivity contribution is 5.76. The zero-order valence-electron chi connectivity index (χ0n) is 12.6. The largest absolute Gasteiger partial charge is 0.353 e. The third kappa shape index (κ3) is 3.90. The van der Waals surface area contributed by atoms with Crippen molar-refractivity contribution in [3.8, 4) is 11.4 Å². The van der Waals surface area contributed by atoms with Gasteiger partial charge in [-0.3, -0.25) is 4.79 Å². The number of tetrazole rings is 1. The van der Waals surface area contributed by atoms with Crippen molar-refractivity contribution < 1.29 is 4.79 Å². The number of nitrogens with zero attached hydrogens (tertiary/aromatic N) is 4. The van der Waals surface area contributed by atoms with Crippen LogP contribution in [0.4, 0.5) is 0 Å². The molecule has 2 aromatic rings. The van der Waals surface area contributed by atoms with Gasteiger partial charge in [0.2, 0.25) is 11.7 Å². The van der Waals surface area contributed by atoms with Gasteiger partial charge in [-0.1, -0.05) is 49.6 Å². The van der Waals surface area contributed by atoms with Gasteiger partial charge in [0.05, 0.1) is 6.54 Å². The van der Waals surface area contributed by atoms with Gasteiger partial charge in [-0.05, 0) is 18.1 Å². The van der Waals surface area contributed by atoms with Gasteiger partial charge in [-0.15, -0.1) is 10.2 Å². The molecule has 1 aliphatic rings. The molecule has 1 saturated carbocycles. The average Bonchev–Trinajstić information content (AvgIpc) is 3.04. The minimum absolute atomic E-state index is 0.0745. The predicted octanol–water partition coefficient (Wildman–Crippen LogP) is 2.18. The lowest BCUT2D eigenvalue weighted by atomic mass is 9.95. The molecule has 6 heteroatoms. The van der Waals surface area contributed by atoms with Crippen molar-refractivity contribution in [3.63, 3.8) is 0 Å². The van der Waals surface area contributed by atoms with Crippen molar-refractivity contribution in [2.75, 3.05) is 0 Å². The maximum atomic E-state index is 12.0. The van der Waals surface area contributed by atoms with E-state index in [1.54, 1.807) is 0 Å². The summed E-state index contributed by atoms with van der Waals surface area (Å²) in [7, 11) is 0. The van der Waals surface area contributed by atoms with Gasteiger partial charge in [0.25, 0.3) is 0 Å². The maximum absolute atomic E-state index is 12.0. The van der Waals surface area contributed by atoms with E-state index in [1.165, 1.54) is 24.1 Å². The summed E-state index contributed by atoms with van der Waals surface area (Å²) in [4.78, 5) is 13.4. The number of benzene rings is 1. The fourth-order valence-electron chi connectivity index (χ4n) is 2.79. The molecule has 0 atom stereocenters. The van der Waals surface area contributed by atoms with Crippen LogP contribution >= 0.6 is 0 Å². The fraction of sp³-hybridized carbons (Fsp3) is 0.500. The highest BCUT2D eigenvalue weighted by atomic mass is 16.1. The Labute approximate surface area is 129 Å². The zero-order valence-corrected chi connectivity index (χ0v) is 12.6. The molecule has 0 bridgehead atoms. The highest BCUT2D eigenvalue weighted by Crippen LogP contribution is 2.17. The molecule has 1 aromatic carbocycles. The minimum Gasteiger partial charge on any atom is -0.353 e. The topological polar surface area (TPSA) is 72.7 Å². The fourth-order valence-corrected chi connectivity index (χ4v) is 2.79. The lowest BCUT2D eigenvalue weighted by Gasteiger charge is -2.22.